The van der Waals surface area contributed by atoms with Crippen LogP contribution in [-0.4, -0.2) is 12.7 Å². The van der Waals surface area contributed by atoms with Crippen molar-refractivity contribution in [2.45, 2.75) is 17.6 Å². The highest BCUT2D eigenvalue weighted by atomic mass is 32.2. The van der Waals surface area contributed by atoms with E-state index in [4.69, 9.17) is 0 Å². The summed E-state index contributed by atoms with van der Waals surface area (Å²) in [5.74, 6) is 0. The van der Waals surface area contributed by atoms with Gasteiger partial charge in [0, 0.05) is 6.54 Å². The molecule has 0 saturated carbocycles. The molecule has 5 heteroatoms. The number of benzene rings is 4. The smallest absolute Gasteiger partial charge is 0.247 e. The highest BCUT2D eigenvalue weighted by Crippen LogP contribution is 2.40. The monoisotopic (exact) mass is 400 g/mol. The van der Waals surface area contributed by atoms with Crippen LogP contribution in [0.4, 0.5) is 5.69 Å². The van der Waals surface area contributed by atoms with Gasteiger partial charge in [-0.3, -0.25) is 0 Å². The quantitative estimate of drug-likeness (QED) is 0.517. The topological polar surface area (TPSA) is 49.4 Å². The van der Waals surface area contributed by atoms with Crippen molar-refractivity contribution in [1.29, 1.82) is 0 Å². The Kier molecular flexibility index (Phi) is 4.34. The summed E-state index contributed by atoms with van der Waals surface area (Å²) in [6.07, 6.45) is -0.499. The Morgan fingerprint density at radius 1 is 0.759 bits per heavy atom. The third kappa shape index (κ3) is 3.09. The predicted octanol–water partition coefficient (Wildman–Crippen LogP) is 5.16. The molecule has 0 radical (unpaired) electrons. The van der Waals surface area contributed by atoms with Gasteiger partial charge in [0.05, 0.1) is 5.69 Å². The molecule has 1 aliphatic heterocycles. The maximum absolute atomic E-state index is 13.6. The Bertz CT molecular complexity index is 1280. The number of fused-ring (bicyclic) bond motifs is 2. The van der Waals surface area contributed by atoms with Crippen LogP contribution in [0.5, 0.6) is 0 Å². The van der Waals surface area contributed by atoms with Gasteiger partial charge in [0.2, 0.25) is 10.0 Å². The van der Waals surface area contributed by atoms with Crippen molar-refractivity contribution in [2.24, 2.45) is 0 Å². The highest BCUT2D eigenvalue weighted by molar-refractivity contribution is 7.89. The van der Waals surface area contributed by atoms with E-state index in [9.17, 15) is 8.42 Å². The molecule has 29 heavy (non-hydrogen) atoms. The minimum atomic E-state index is -3.68. The van der Waals surface area contributed by atoms with Crippen molar-refractivity contribution in [2.75, 3.05) is 5.32 Å². The predicted molar refractivity (Wildman–Crippen MR) is 116 cm³/mol. The molecule has 1 N–H and O–H groups in total. The molecule has 4 aromatic rings. The zero-order chi connectivity index (χ0) is 19.8. The van der Waals surface area contributed by atoms with E-state index in [0.29, 0.717) is 17.1 Å². The number of nitrogens with zero attached hydrogens (tertiary/aromatic N) is 1. The van der Waals surface area contributed by atoms with E-state index in [1.54, 1.807) is 16.4 Å². The molecule has 144 valence electrons. The van der Waals surface area contributed by atoms with Crippen LogP contribution in [0, 0.1) is 0 Å². The fourth-order valence-electron chi connectivity index (χ4n) is 3.96. The van der Waals surface area contributed by atoms with Crippen LogP contribution in [0.3, 0.4) is 0 Å². The lowest BCUT2D eigenvalue weighted by Gasteiger charge is -2.38. The van der Waals surface area contributed by atoms with Crippen LogP contribution in [0.2, 0.25) is 0 Å². The van der Waals surface area contributed by atoms with Crippen LogP contribution in [0.15, 0.2) is 102 Å². The van der Waals surface area contributed by atoms with Crippen LogP contribution in [0.25, 0.3) is 10.8 Å². The molecule has 1 unspecified atom stereocenters. The van der Waals surface area contributed by atoms with E-state index in [1.165, 1.54) is 0 Å². The number of para-hydroxylation sites is 1. The van der Waals surface area contributed by atoms with Crippen LogP contribution < -0.4 is 5.32 Å². The molecule has 4 nitrogen and oxygen atoms in total. The minimum absolute atomic E-state index is 0.290. The average Bonchev–Trinajstić information content (AvgIpc) is 2.76. The van der Waals surface area contributed by atoms with Crippen molar-refractivity contribution in [1.82, 2.24) is 4.31 Å². The standard InChI is InChI=1S/C24H20N2O2S/c27-29(28)23-16-7-6-15-22(23)25-24(26(29)17-18-9-2-1-3-10-18)21-14-8-12-19-11-4-5-13-20(19)21/h1-16,24-25H,17H2. The number of anilines is 1. The van der Waals surface area contributed by atoms with Gasteiger partial charge < -0.3 is 5.32 Å². The summed E-state index contributed by atoms with van der Waals surface area (Å²) in [7, 11) is -3.68. The number of rotatable bonds is 3. The van der Waals surface area contributed by atoms with Crippen molar-refractivity contribution in [3.8, 4) is 0 Å². The van der Waals surface area contributed by atoms with Crippen molar-refractivity contribution in [3.63, 3.8) is 0 Å². The first kappa shape index (κ1) is 17.9. The first-order valence-corrected chi connectivity index (χ1v) is 11.0. The molecule has 0 saturated heterocycles. The van der Waals surface area contributed by atoms with Crippen molar-refractivity contribution < 1.29 is 8.42 Å². The summed E-state index contributed by atoms with van der Waals surface area (Å²) in [6.45, 7) is 0.290. The largest absolute Gasteiger partial charge is 0.364 e. The molecule has 5 rings (SSSR count). The van der Waals surface area contributed by atoms with Gasteiger partial charge in [-0.25, -0.2) is 8.42 Å². The molecule has 0 spiro atoms. The molecule has 0 amide bonds. The van der Waals surface area contributed by atoms with Gasteiger partial charge in [-0.1, -0.05) is 84.9 Å². The summed E-state index contributed by atoms with van der Waals surface area (Å²) in [5, 5.41) is 5.61. The molecular weight excluding hydrogens is 380 g/mol. The second-order valence-corrected chi connectivity index (χ2v) is 9.01. The number of hydrogen-bond donors (Lipinski definition) is 1. The highest BCUT2D eigenvalue weighted by Gasteiger charge is 2.39. The van der Waals surface area contributed by atoms with Crippen molar-refractivity contribution in [3.05, 3.63) is 108 Å². The average molecular weight is 401 g/mol. The van der Waals surface area contributed by atoms with Gasteiger partial charge in [0.15, 0.2) is 0 Å². The summed E-state index contributed by atoms with van der Waals surface area (Å²) in [5.41, 5.74) is 2.52. The van der Waals surface area contributed by atoms with E-state index >= 15 is 0 Å². The Hall–Kier alpha value is -3.15. The fraction of sp³-hybridized carbons (Fsp3) is 0.0833. The molecule has 4 aromatic carbocycles. The van der Waals surface area contributed by atoms with Gasteiger partial charge in [0.1, 0.15) is 11.1 Å². The van der Waals surface area contributed by atoms with Crippen LogP contribution >= 0.6 is 0 Å². The lowest BCUT2D eigenvalue weighted by Crippen LogP contribution is -2.42. The summed E-state index contributed by atoms with van der Waals surface area (Å²) in [6, 6.07) is 30.9. The van der Waals surface area contributed by atoms with Gasteiger partial charge in [-0.2, -0.15) is 4.31 Å². The SMILES string of the molecule is O=S1(=O)c2ccccc2NC(c2cccc3ccccc23)N1Cc1ccccc1. The maximum Gasteiger partial charge on any atom is 0.247 e. The van der Waals surface area contributed by atoms with E-state index < -0.39 is 16.2 Å². The molecule has 0 aromatic heterocycles. The second kappa shape index (κ2) is 7.03. The molecule has 1 heterocycles. The molecule has 0 aliphatic carbocycles. The van der Waals surface area contributed by atoms with E-state index in [0.717, 1.165) is 21.9 Å². The van der Waals surface area contributed by atoms with E-state index in [2.05, 4.69) is 5.32 Å². The maximum atomic E-state index is 13.6. The van der Waals surface area contributed by atoms with Gasteiger partial charge in [-0.05, 0) is 34.0 Å². The molecule has 0 fully saturated rings. The number of nitrogens with one attached hydrogen (secondary N) is 1. The van der Waals surface area contributed by atoms with Gasteiger partial charge >= 0.3 is 0 Å². The van der Waals surface area contributed by atoms with E-state index in [1.807, 2.05) is 84.9 Å². The van der Waals surface area contributed by atoms with Crippen LogP contribution in [0.1, 0.15) is 17.3 Å². The minimum Gasteiger partial charge on any atom is -0.364 e. The number of sulfonamides is 1. The lowest BCUT2D eigenvalue weighted by molar-refractivity contribution is 0.337. The Morgan fingerprint density at radius 2 is 1.45 bits per heavy atom. The number of hydrogen-bond acceptors (Lipinski definition) is 3. The zero-order valence-corrected chi connectivity index (χ0v) is 16.5. The van der Waals surface area contributed by atoms with Gasteiger partial charge in [-0.15, -0.1) is 0 Å². The lowest BCUT2D eigenvalue weighted by atomic mass is 10.0. The second-order valence-electron chi connectivity index (χ2n) is 7.15. The normalized spacial score (nSPS) is 18.1. The molecule has 1 atom stereocenters. The summed E-state index contributed by atoms with van der Waals surface area (Å²) >= 11 is 0. The van der Waals surface area contributed by atoms with Gasteiger partial charge in [0.25, 0.3) is 0 Å². The Balaban J connectivity index is 1.71. The third-order valence-corrected chi connectivity index (χ3v) is 7.22. The van der Waals surface area contributed by atoms with Crippen molar-refractivity contribution >= 4 is 26.5 Å². The first-order valence-electron chi connectivity index (χ1n) is 9.53. The molecular formula is C24H20N2O2S. The summed E-state index contributed by atoms with van der Waals surface area (Å²) < 4.78 is 28.8. The third-order valence-electron chi connectivity index (χ3n) is 5.35. The summed E-state index contributed by atoms with van der Waals surface area (Å²) in [4.78, 5) is 0.312. The Labute approximate surface area is 170 Å². The van der Waals surface area contributed by atoms with Crippen LogP contribution in [-0.2, 0) is 16.6 Å². The molecule has 1 aliphatic rings. The molecule has 0 bridgehead atoms. The zero-order valence-electron chi connectivity index (χ0n) is 15.7. The van der Waals surface area contributed by atoms with E-state index in [-0.39, 0.29) is 0 Å². The Morgan fingerprint density at radius 3 is 2.31 bits per heavy atom. The fourth-order valence-corrected chi connectivity index (χ4v) is 5.63. The first-order chi connectivity index (χ1) is 14.1.